The number of fused-ring (bicyclic) bond motifs is 1. The molecule has 0 atom stereocenters. The number of halogens is 2. The predicted octanol–water partition coefficient (Wildman–Crippen LogP) is 4.63. The average Bonchev–Trinajstić information content (AvgIpc) is 2.61. The number of nitrogens with one attached hydrogen (secondary N) is 1. The van der Waals surface area contributed by atoms with Crippen LogP contribution in [0.4, 0.5) is 11.4 Å². The molecule has 0 aliphatic heterocycles. The van der Waals surface area contributed by atoms with Crippen LogP contribution in [0.3, 0.4) is 0 Å². The molecule has 0 unspecified atom stereocenters. The van der Waals surface area contributed by atoms with Crippen molar-refractivity contribution in [2.24, 2.45) is 0 Å². The molecule has 0 aliphatic carbocycles. The van der Waals surface area contributed by atoms with Crippen molar-refractivity contribution in [2.45, 2.75) is 0 Å². The summed E-state index contributed by atoms with van der Waals surface area (Å²) in [6, 6.07) is 12.4. The van der Waals surface area contributed by atoms with E-state index in [4.69, 9.17) is 27.9 Å². The molecule has 1 N–H and O–H groups in total. The van der Waals surface area contributed by atoms with Crippen LogP contribution in [0.25, 0.3) is 10.9 Å². The van der Waals surface area contributed by atoms with Gasteiger partial charge in [-0.05, 0) is 42.5 Å². The summed E-state index contributed by atoms with van der Waals surface area (Å²) in [6.45, 7) is -0.160. The minimum absolute atomic E-state index is 0.160. The van der Waals surface area contributed by atoms with Crippen LogP contribution in [0.15, 0.2) is 48.7 Å². The second kappa shape index (κ2) is 7.81. The third-order valence-electron chi connectivity index (χ3n) is 3.75. The quantitative estimate of drug-likeness (QED) is 0.691. The second-order valence-corrected chi connectivity index (χ2v) is 6.68. The van der Waals surface area contributed by atoms with Gasteiger partial charge in [-0.1, -0.05) is 23.2 Å². The Morgan fingerprint density at radius 1 is 1.19 bits per heavy atom. The van der Waals surface area contributed by atoms with Crippen molar-refractivity contribution in [1.29, 1.82) is 0 Å². The van der Waals surface area contributed by atoms with Gasteiger partial charge in [0.1, 0.15) is 11.3 Å². The number of hydrogen-bond acceptors (Lipinski definition) is 4. The largest absolute Gasteiger partial charge is 0.481 e. The van der Waals surface area contributed by atoms with Crippen LogP contribution in [0.5, 0.6) is 5.75 Å². The van der Waals surface area contributed by atoms with Gasteiger partial charge < -0.3 is 15.0 Å². The minimum Gasteiger partial charge on any atom is -0.481 e. The monoisotopic (exact) mass is 389 g/mol. The van der Waals surface area contributed by atoms with E-state index in [1.807, 2.05) is 31.1 Å². The molecule has 3 rings (SSSR count). The van der Waals surface area contributed by atoms with Gasteiger partial charge in [-0.15, -0.1) is 0 Å². The first-order valence-electron chi connectivity index (χ1n) is 7.88. The summed E-state index contributed by atoms with van der Waals surface area (Å²) in [5.74, 6) is 0.202. The van der Waals surface area contributed by atoms with Crippen molar-refractivity contribution in [1.82, 2.24) is 4.98 Å². The lowest BCUT2D eigenvalue weighted by Gasteiger charge is -2.18. The Morgan fingerprint density at radius 2 is 2.00 bits per heavy atom. The smallest absolute Gasteiger partial charge is 0.262 e. The van der Waals surface area contributed by atoms with Gasteiger partial charge in [-0.2, -0.15) is 0 Å². The van der Waals surface area contributed by atoms with Gasteiger partial charge in [0, 0.05) is 30.7 Å². The fourth-order valence-electron chi connectivity index (χ4n) is 2.56. The van der Waals surface area contributed by atoms with E-state index >= 15 is 0 Å². The maximum Gasteiger partial charge on any atom is 0.262 e. The first-order chi connectivity index (χ1) is 12.5. The van der Waals surface area contributed by atoms with E-state index in [2.05, 4.69) is 10.3 Å². The lowest BCUT2D eigenvalue weighted by molar-refractivity contribution is -0.118. The maximum absolute atomic E-state index is 12.3. The molecule has 0 spiro atoms. The van der Waals surface area contributed by atoms with Gasteiger partial charge >= 0.3 is 0 Å². The van der Waals surface area contributed by atoms with Crippen molar-refractivity contribution in [3.63, 3.8) is 0 Å². The van der Waals surface area contributed by atoms with E-state index in [9.17, 15) is 4.79 Å². The van der Waals surface area contributed by atoms with Crippen LogP contribution in [0.2, 0.25) is 10.0 Å². The van der Waals surface area contributed by atoms with Gasteiger partial charge in [0.2, 0.25) is 0 Å². The van der Waals surface area contributed by atoms with Crippen LogP contribution < -0.4 is 15.0 Å². The molecule has 7 heteroatoms. The highest BCUT2D eigenvalue weighted by Crippen LogP contribution is 2.30. The van der Waals surface area contributed by atoms with Crippen molar-refractivity contribution in [3.05, 3.63) is 58.7 Å². The molecule has 26 heavy (non-hydrogen) atoms. The number of amides is 1. The van der Waals surface area contributed by atoms with E-state index in [-0.39, 0.29) is 12.5 Å². The van der Waals surface area contributed by atoms with Crippen LogP contribution in [-0.2, 0) is 4.79 Å². The Bertz CT molecular complexity index is 961. The predicted molar refractivity (Wildman–Crippen MR) is 107 cm³/mol. The molecule has 1 aromatic heterocycles. The molecule has 1 amide bonds. The highest BCUT2D eigenvalue weighted by atomic mass is 35.5. The average molecular weight is 390 g/mol. The minimum atomic E-state index is -0.297. The number of carbonyl (C=O) groups excluding carboxylic acids is 1. The molecule has 0 bridgehead atoms. The molecule has 134 valence electrons. The van der Waals surface area contributed by atoms with E-state index < -0.39 is 0 Å². The number of anilines is 2. The van der Waals surface area contributed by atoms with Crippen molar-refractivity contribution >= 4 is 51.4 Å². The molecule has 3 aromatic rings. The Kier molecular flexibility index (Phi) is 5.49. The Hall–Kier alpha value is -2.50. The number of hydrogen-bond donors (Lipinski definition) is 1. The van der Waals surface area contributed by atoms with Gasteiger partial charge in [-0.25, -0.2) is 0 Å². The van der Waals surface area contributed by atoms with Crippen molar-refractivity contribution in [2.75, 3.05) is 30.9 Å². The Morgan fingerprint density at radius 3 is 2.77 bits per heavy atom. The van der Waals surface area contributed by atoms with E-state index in [1.54, 1.807) is 36.5 Å². The molecule has 5 nitrogen and oxygen atoms in total. The summed E-state index contributed by atoms with van der Waals surface area (Å²) >= 11 is 12.2. The lowest BCUT2D eigenvalue weighted by atomic mass is 10.2. The maximum atomic E-state index is 12.3. The van der Waals surface area contributed by atoms with E-state index in [1.165, 1.54) is 0 Å². The molecule has 0 saturated heterocycles. The number of rotatable bonds is 5. The number of benzene rings is 2. The molecular formula is C19H17Cl2N3O2. The number of aromatic nitrogens is 1. The zero-order chi connectivity index (χ0) is 18.7. The van der Waals surface area contributed by atoms with Gasteiger partial charge in [0.05, 0.1) is 16.4 Å². The number of nitrogens with zero attached hydrogens (tertiary/aromatic N) is 2. The zero-order valence-corrected chi connectivity index (χ0v) is 15.8. The number of pyridine rings is 1. The molecule has 0 radical (unpaired) electrons. The lowest BCUT2D eigenvalue weighted by Crippen LogP contribution is -2.22. The summed E-state index contributed by atoms with van der Waals surface area (Å²) in [4.78, 5) is 18.5. The molecule has 0 fully saturated rings. The fourth-order valence-corrected chi connectivity index (χ4v) is 2.94. The summed E-state index contributed by atoms with van der Waals surface area (Å²) in [5, 5.41) is 4.72. The van der Waals surface area contributed by atoms with Gasteiger partial charge in [0.25, 0.3) is 5.91 Å². The molecule has 0 aliphatic rings. The molecule has 2 aromatic carbocycles. The summed E-state index contributed by atoms with van der Waals surface area (Å²) < 4.78 is 5.66. The Labute approximate surface area is 161 Å². The van der Waals surface area contributed by atoms with Crippen molar-refractivity contribution < 1.29 is 9.53 Å². The highest BCUT2D eigenvalue weighted by molar-refractivity contribution is 6.35. The summed E-state index contributed by atoms with van der Waals surface area (Å²) in [5.41, 5.74) is 2.08. The molecule has 0 saturated carbocycles. The highest BCUT2D eigenvalue weighted by Gasteiger charge is 2.12. The molecular weight excluding hydrogens is 373 g/mol. The first-order valence-corrected chi connectivity index (χ1v) is 8.64. The summed E-state index contributed by atoms with van der Waals surface area (Å²) in [7, 11) is 3.78. The van der Waals surface area contributed by atoms with E-state index in [0.717, 1.165) is 11.1 Å². The van der Waals surface area contributed by atoms with E-state index in [0.29, 0.717) is 27.0 Å². The standard InChI is InChI=1S/C19H17Cl2N3O2/c1-24(2)16-7-5-12(20)10-15(16)23-18(25)11-26-17-8-6-14(21)13-4-3-9-22-19(13)17/h3-10H,11H2,1-2H3,(H,23,25). The second-order valence-electron chi connectivity index (χ2n) is 5.84. The van der Waals surface area contributed by atoms with Crippen LogP contribution in [0.1, 0.15) is 0 Å². The van der Waals surface area contributed by atoms with Crippen LogP contribution in [-0.4, -0.2) is 31.6 Å². The Balaban J connectivity index is 1.75. The number of ether oxygens (including phenoxy) is 1. The summed E-state index contributed by atoms with van der Waals surface area (Å²) in [6.07, 6.45) is 1.65. The SMILES string of the molecule is CN(C)c1ccc(Cl)cc1NC(=O)COc1ccc(Cl)c2cccnc12. The van der Waals surface area contributed by atoms with Crippen LogP contribution in [0, 0.1) is 0 Å². The number of carbonyl (C=O) groups is 1. The first kappa shape index (κ1) is 18.3. The normalized spacial score (nSPS) is 10.6. The topological polar surface area (TPSA) is 54.5 Å². The third kappa shape index (κ3) is 4.00. The third-order valence-corrected chi connectivity index (χ3v) is 4.32. The zero-order valence-electron chi connectivity index (χ0n) is 14.3. The van der Waals surface area contributed by atoms with Crippen LogP contribution >= 0.6 is 23.2 Å². The van der Waals surface area contributed by atoms with Gasteiger partial charge in [0.15, 0.2) is 6.61 Å². The molecule has 1 heterocycles. The fraction of sp³-hybridized carbons (Fsp3) is 0.158. The van der Waals surface area contributed by atoms with Crippen molar-refractivity contribution in [3.8, 4) is 5.75 Å². The van der Waals surface area contributed by atoms with Gasteiger partial charge in [-0.3, -0.25) is 9.78 Å².